The summed E-state index contributed by atoms with van der Waals surface area (Å²) < 4.78 is 2.06. The van der Waals surface area contributed by atoms with Crippen molar-refractivity contribution in [3.8, 4) is 0 Å². The van der Waals surface area contributed by atoms with Crippen LogP contribution in [0.5, 0.6) is 0 Å². The molecule has 2 N–H and O–H groups in total. The molecule has 0 aliphatic rings. The minimum atomic E-state index is 0. The first-order valence-corrected chi connectivity index (χ1v) is 9.68. The van der Waals surface area contributed by atoms with Crippen LogP contribution in [0, 0.1) is 0 Å². The fourth-order valence-electron chi connectivity index (χ4n) is 2.83. The second-order valence-corrected chi connectivity index (χ2v) is 6.37. The minimum Gasteiger partial charge on any atom is -0.356 e. The number of hydrogen-bond acceptors (Lipinski definition) is 4. The summed E-state index contributed by atoms with van der Waals surface area (Å²) in [5.74, 6) is 1.78. The van der Waals surface area contributed by atoms with Crippen molar-refractivity contribution >= 4 is 29.9 Å². The Morgan fingerprint density at radius 3 is 2.59 bits per heavy atom. The number of pyridine rings is 1. The van der Waals surface area contributed by atoms with Gasteiger partial charge in [0.05, 0.1) is 12.2 Å². The first-order chi connectivity index (χ1) is 13.8. The molecule has 0 aliphatic heterocycles. The summed E-state index contributed by atoms with van der Waals surface area (Å²) in [5, 5.41) is 14.9. The number of aromatic nitrogens is 4. The van der Waals surface area contributed by atoms with Gasteiger partial charge < -0.3 is 15.2 Å². The molecule has 0 bridgehead atoms. The Bertz CT molecular complexity index is 850. The van der Waals surface area contributed by atoms with Gasteiger partial charge in [0.25, 0.3) is 0 Å². The fourth-order valence-corrected chi connectivity index (χ4v) is 2.83. The van der Waals surface area contributed by atoms with Gasteiger partial charge in [-0.1, -0.05) is 43.3 Å². The smallest absolute Gasteiger partial charge is 0.191 e. The Hall–Kier alpha value is -2.49. The Balaban J connectivity index is 0.00000300. The lowest BCUT2D eigenvalue weighted by Crippen LogP contribution is -2.40. The van der Waals surface area contributed by atoms with Gasteiger partial charge in [0.2, 0.25) is 0 Å². The number of benzene rings is 1. The average molecular weight is 505 g/mol. The molecule has 8 heteroatoms. The molecule has 2 heterocycles. The maximum Gasteiger partial charge on any atom is 0.191 e. The van der Waals surface area contributed by atoms with E-state index in [1.54, 1.807) is 12.5 Å². The predicted molar refractivity (Wildman–Crippen MR) is 126 cm³/mol. The zero-order valence-electron chi connectivity index (χ0n) is 16.7. The van der Waals surface area contributed by atoms with E-state index in [9.17, 15) is 0 Å². The van der Waals surface area contributed by atoms with Crippen LogP contribution in [-0.2, 0) is 25.9 Å². The van der Waals surface area contributed by atoms with Crippen LogP contribution in [0.25, 0.3) is 0 Å². The Morgan fingerprint density at radius 2 is 1.83 bits per heavy atom. The van der Waals surface area contributed by atoms with Crippen LogP contribution in [-0.4, -0.2) is 38.8 Å². The van der Waals surface area contributed by atoms with Crippen molar-refractivity contribution in [1.29, 1.82) is 0 Å². The van der Waals surface area contributed by atoms with Crippen LogP contribution in [0.1, 0.15) is 24.0 Å². The molecule has 0 spiro atoms. The molecular weight excluding hydrogens is 477 g/mol. The summed E-state index contributed by atoms with van der Waals surface area (Å²) in [6, 6.07) is 16.3. The highest BCUT2D eigenvalue weighted by Crippen LogP contribution is 1.99. The maximum absolute atomic E-state index is 4.68. The molecule has 29 heavy (non-hydrogen) atoms. The van der Waals surface area contributed by atoms with Gasteiger partial charge in [0.1, 0.15) is 12.2 Å². The Labute approximate surface area is 189 Å². The largest absolute Gasteiger partial charge is 0.356 e. The molecule has 2 aromatic heterocycles. The second kappa shape index (κ2) is 12.9. The highest BCUT2D eigenvalue weighted by atomic mass is 127. The van der Waals surface area contributed by atoms with E-state index < -0.39 is 0 Å². The summed E-state index contributed by atoms with van der Waals surface area (Å²) >= 11 is 0. The minimum absolute atomic E-state index is 0. The SMILES string of the molecule is CCc1nncn1CCNC(=NCc1ccccn1)NCCc1ccccc1.I. The monoisotopic (exact) mass is 505 g/mol. The summed E-state index contributed by atoms with van der Waals surface area (Å²) in [6.07, 6.45) is 5.37. The van der Waals surface area contributed by atoms with Gasteiger partial charge in [-0.3, -0.25) is 4.98 Å². The number of nitrogens with one attached hydrogen (secondary N) is 2. The van der Waals surface area contributed by atoms with E-state index in [-0.39, 0.29) is 24.0 Å². The number of guanidine groups is 1. The highest BCUT2D eigenvalue weighted by Gasteiger charge is 2.03. The van der Waals surface area contributed by atoms with Gasteiger partial charge in [-0.25, -0.2) is 4.99 Å². The Morgan fingerprint density at radius 1 is 1.03 bits per heavy atom. The highest BCUT2D eigenvalue weighted by molar-refractivity contribution is 14.0. The zero-order valence-corrected chi connectivity index (χ0v) is 19.0. The molecule has 0 aliphatic carbocycles. The van der Waals surface area contributed by atoms with E-state index in [1.807, 2.05) is 24.3 Å². The normalized spacial score (nSPS) is 11.0. The van der Waals surface area contributed by atoms with E-state index >= 15 is 0 Å². The van der Waals surface area contributed by atoms with Gasteiger partial charge in [-0.2, -0.15) is 0 Å². The van der Waals surface area contributed by atoms with Gasteiger partial charge in [0, 0.05) is 32.3 Å². The molecule has 0 saturated heterocycles. The molecule has 0 saturated carbocycles. The fraction of sp³-hybridized carbons (Fsp3) is 0.333. The average Bonchev–Trinajstić information content (AvgIpc) is 3.20. The molecule has 154 valence electrons. The standard InChI is InChI=1S/C21H27N7.HI/c1-2-20-27-26-17-28(20)15-14-24-21(25-16-19-10-6-7-12-22-19)23-13-11-18-8-4-3-5-9-18;/h3-10,12,17H,2,11,13-16H2,1H3,(H2,23,24,25);1H. The van der Waals surface area contributed by atoms with Crippen LogP contribution in [0.3, 0.4) is 0 Å². The lowest BCUT2D eigenvalue weighted by Gasteiger charge is -2.13. The van der Waals surface area contributed by atoms with Crippen molar-refractivity contribution < 1.29 is 0 Å². The third kappa shape index (κ3) is 7.80. The zero-order chi connectivity index (χ0) is 19.4. The second-order valence-electron chi connectivity index (χ2n) is 6.37. The summed E-state index contributed by atoms with van der Waals surface area (Å²) in [5.41, 5.74) is 2.25. The molecule has 0 atom stereocenters. The van der Waals surface area contributed by atoms with Crippen LogP contribution in [0.4, 0.5) is 0 Å². The number of halogens is 1. The molecule has 7 nitrogen and oxygen atoms in total. The molecule has 3 rings (SSSR count). The summed E-state index contributed by atoms with van der Waals surface area (Å²) in [6.45, 7) is 4.96. The predicted octanol–water partition coefficient (Wildman–Crippen LogP) is 2.83. The lowest BCUT2D eigenvalue weighted by atomic mass is 10.1. The number of rotatable bonds is 9. The van der Waals surface area contributed by atoms with Crippen molar-refractivity contribution in [3.05, 3.63) is 78.1 Å². The van der Waals surface area contributed by atoms with Crippen molar-refractivity contribution in [3.63, 3.8) is 0 Å². The molecule has 1 aromatic carbocycles. The van der Waals surface area contributed by atoms with Gasteiger partial charge in [-0.15, -0.1) is 34.2 Å². The molecule has 0 radical (unpaired) electrons. The van der Waals surface area contributed by atoms with E-state index in [1.165, 1.54) is 5.56 Å². The van der Waals surface area contributed by atoms with E-state index in [0.29, 0.717) is 6.54 Å². The van der Waals surface area contributed by atoms with E-state index in [4.69, 9.17) is 0 Å². The van der Waals surface area contributed by atoms with Crippen molar-refractivity contribution in [1.82, 2.24) is 30.4 Å². The van der Waals surface area contributed by atoms with Crippen LogP contribution < -0.4 is 10.6 Å². The van der Waals surface area contributed by atoms with Crippen LogP contribution in [0.2, 0.25) is 0 Å². The van der Waals surface area contributed by atoms with Crippen molar-refractivity contribution in [2.45, 2.75) is 32.9 Å². The van der Waals surface area contributed by atoms with Gasteiger partial charge >= 0.3 is 0 Å². The maximum atomic E-state index is 4.68. The lowest BCUT2D eigenvalue weighted by molar-refractivity contribution is 0.631. The Kier molecular flexibility index (Phi) is 10.1. The third-order valence-corrected chi connectivity index (χ3v) is 4.33. The van der Waals surface area contributed by atoms with Gasteiger partial charge in [0.15, 0.2) is 5.96 Å². The van der Waals surface area contributed by atoms with Crippen LogP contribution >= 0.6 is 24.0 Å². The van der Waals surface area contributed by atoms with Crippen LogP contribution in [0.15, 0.2) is 66.0 Å². The number of hydrogen-bond donors (Lipinski definition) is 2. The molecule has 0 unspecified atom stereocenters. The van der Waals surface area contributed by atoms with Gasteiger partial charge in [-0.05, 0) is 24.1 Å². The summed E-state index contributed by atoms with van der Waals surface area (Å²) in [4.78, 5) is 9.02. The van der Waals surface area contributed by atoms with Crippen molar-refractivity contribution in [2.75, 3.05) is 13.1 Å². The number of nitrogens with zero attached hydrogens (tertiary/aromatic N) is 5. The number of aryl methyl sites for hydroxylation is 1. The number of aliphatic imine (C=N–C) groups is 1. The van der Waals surface area contributed by atoms with E-state index in [2.05, 4.69) is 66.6 Å². The summed E-state index contributed by atoms with van der Waals surface area (Å²) in [7, 11) is 0. The quantitative estimate of drug-likeness (QED) is 0.266. The topological polar surface area (TPSA) is 80.0 Å². The first-order valence-electron chi connectivity index (χ1n) is 9.68. The molecule has 3 aromatic rings. The molecule has 0 amide bonds. The molecular formula is C21H28IN7. The van der Waals surface area contributed by atoms with E-state index in [0.717, 1.165) is 50.0 Å². The van der Waals surface area contributed by atoms with Crippen molar-refractivity contribution in [2.24, 2.45) is 4.99 Å². The first kappa shape index (κ1) is 22.8. The third-order valence-electron chi connectivity index (χ3n) is 4.33. The molecule has 0 fully saturated rings.